The van der Waals surface area contributed by atoms with Gasteiger partial charge in [0.1, 0.15) is 0 Å². The number of carbonyl (C=O) groups excluding carboxylic acids is 1. The molecule has 0 aliphatic carbocycles. The first-order chi connectivity index (χ1) is 7.22. The summed E-state index contributed by atoms with van der Waals surface area (Å²) in [6.07, 6.45) is 0. The van der Waals surface area contributed by atoms with Crippen molar-refractivity contribution in [3.05, 3.63) is 40.3 Å². The molecule has 0 spiro atoms. The molecule has 1 N–H and O–H groups in total. The fraction of sp³-hybridized carbons (Fsp3) is 0.100. The smallest absolute Gasteiger partial charge is 0.278 e. The van der Waals surface area contributed by atoms with Gasteiger partial charge in [-0.3, -0.25) is 9.59 Å². The molecule has 4 nitrogen and oxygen atoms in total. The van der Waals surface area contributed by atoms with Crippen LogP contribution in [-0.4, -0.2) is 21.1 Å². The Morgan fingerprint density at radius 2 is 2.13 bits per heavy atom. The van der Waals surface area contributed by atoms with Gasteiger partial charge < -0.3 is 4.98 Å². The quantitative estimate of drug-likeness (QED) is 0.662. The lowest BCUT2D eigenvalue weighted by Crippen LogP contribution is -2.20. The summed E-state index contributed by atoms with van der Waals surface area (Å²) in [6, 6.07) is 7.09. The molecule has 0 aliphatic heterocycles. The number of rotatable bonds is 2. The number of para-hydroxylation sites is 2. The van der Waals surface area contributed by atoms with Crippen LogP contribution in [0.4, 0.5) is 0 Å². The molecule has 0 atom stereocenters. The number of aromatic nitrogens is 2. The van der Waals surface area contributed by atoms with Gasteiger partial charge in [0.15, 0.2) is 11.5 Å². The van der Waals surface area contributed by atoms with Gasteiger partial charge in [0.05, 0.1) is 16.4 Å². The van der Waals surface area contributed by atoms with Crippen LogP contribution in [0.5, 0.6) is 0 Å². The number of H-pyrrole nitrogens is 1. The number of nitrogens with one attached hydrogen (secondary N) is 1. The van der Waals surface area contributed by atoms with Gasteiger partial charge in [0, 0.05) is 0 Å². The molecule has 0 saturated heterocycles. The summed E-state index contributed by atoms with van der Waals surface area (Å²) in [5, 5.41) is 0.0986. The van der Waals surface area contributed by atoms with Crippen LogP contribution in [0.2, 0.25) is 0 Å². The predicted molar refractivity (Wildman–Crippen MR) is 60.5 cm³/mol. The van der Waals surface area contributed by atoms with E-state index in [9.17, 15) is 9.59 Å². The molecule has 2 aromatic rings. The van der Waals surface area contributed by atoms with Crippen molar-refractivity contribution in [2.24, 2.45) is 0 Å². The SMILES string of the molecule is O=C(CBr)c1nc2ccccc2[nH]c1=O. The number of carbonyl (C=O) groups is 1. The number of hydrogen-bond donors (Lipinski definition) is 1. The average molecular weight is 267 g/mol. The third-order valence-corrected chi connectivity index (χ3v) is 2.49. The number of nitrogens with zero attached hydrogens (tertiary/aromatic N) is 1. The topological polar surface area (TPSA) is 62.8 Å². The van der Waals surface area contributed by atoms with E-state index in [1.54, 1.807) is 24.3 Å². The highest BCUT2D eigenvalue weighted by Crippen LogP contribution is 2.06. The normalized spacial score (nSPS) is 10.5. The van der Waals surface area contributed by atoms with Crippen molar-refractivity contribution in [3.8, 4) is 0 Å². The van der Waals surface area contributed by atoms with Crippen molar-refractivity contribution in [1.82, 2.24) is 9.97 Å². The minimum atomic E-state index is -0.446. The number of halogens is 1. The lowest BCUT2D eigenvalue weighted by molar-refractivity contribution is 0.101. The Bertz CT molecular complexity index is 577. The van der Waals surface area contributed by atoms with E-state index in [1.165, 1.54) is 0 Å². The molecule has 0 radical (unpaired) electrons. The van der Waals surface area contributed by atoms with Crippen LogP contribution in [0.15, 0.2) is 29.1 Å². The van der Waals surface area contributed by atoms with Gasteiger partial charge in [0.2, 0.25) is 0 Å². The van der Waals surface area contributed by atoms with Gasteiger partial charge in [-0.1, -0.05) is 28.1 Å². The van der Waals surface area contributed by atoms with Crippen molar-refractivity contribution < 1.29 is 4.79 Å². The fourth-order valence-electron chi connectivity index (χ4n) is 1.28. The van der Waals surface area contributed by atoms with Gasteiger partial charge in [-0.2, -0.15) is 0 Å². The van der Waals surface area contributed by atoms with Gasteiger partial charge in [-0.15, -0.1) is 0 Å². The third kappa shape index (κ3) is 1.83. The van der Waals surface area contributed by atoms with Gasteiger partial charge in [-0.25, -0.2) is 4.98 Å². The van der Waals surface area contributed by atoms with Crippen LogP contribution in [0, 0.1) is 0 Å². The van der Waals surface area contributed by atoms with Crippen molar-refractivity contribution in [2.45, 2.75) is 0 Å². The standard InChI is InChI=1S/C10H7BrN2O2/c11-5-8(14)9-10(15)13-7-4-2-1-3-6(7)12-9/h1-4H,5H2,(H,13,15). The summed E-state index contributed by atoms with van der Waals surface area (Å²) >= 11 is 3.01. The number of ketones is 1. The Labute approximate surface area is 93.5 Å². The molecule has 1 aromatic heterocycles. The van der Waals surface area contributed by atoms with E-state index in [2.05, 4.69) is 25.9 Å². The first-order valence-corrected chi connectivity index (χ1v) is 5.43. The molecular weight excluding hydrogens is 260 g/mol. The summed E-state index contributed by atoms with van der Waals surface area (Å²) in [5.74, 6) is -0.318. The molecule has 76 valence electrons. The van der Waals surface area contributed by atoms with Crippen molar-refractivity contribution in [1.29, 1.82) is 0 Å². The maximum absolute atomic E-state index is 11.5. The molecule has 1 heterocycles. The van der Waals surface area contributed by atoms with E-state index in [-0.39, 0.29) is 16.8 Å². The third-order valence-electron chi connectivity index (χ3n) is 1.99. The molecule has 0 saturated carbocycles. The summed E-state index contributed by atoms with van der Waals surface area (Å²) in [4.78, 5) is 29.5. The zero-order chi connectivity index (χ0) is 10.8. The highest BCUT2D eigenvalue weighted by Gasteiger charge is 2.11. The molecular formula is C10H7BrN2O2. The summed E-state index contributed by atoms with van der Waals surface area (Å²) in [6.45, 7) is 0. The Hall–Kier alpha value is -1.49. The molecule has 0 unspecified atom stereocenters. The lowest BCUT2D eigenvalue weighted by Gasteiger charge is -1.99. The first-order valence-electron chi connectivity index (χ1n) is 4.30. The van der Waals surface area contributed by atoms with Gasteiger partial charge in [-0.05, 0) is 12.1 Å². The van der Waals surface area contributed by atoms with E-state index < -0.39 is 5.56 Å². The van der Waals surface area contributed by atoms with E-state index in [0.717, 1.165) is 0 Å². The minimum absolute atomic E-state index is 0.0504. The van der Waals surface area contributed by atoms with E-state index in [0.29, 0.717) is 11.0 Å². The fourth-order valence-corrected chi connectivity index (χ4v) is 1.55. The van der Waals surface area contributed by atoms with Gasteiger partial charge >= 0.3 is 0 Å². The minimum Gasteiger partial charge on any atom is -0.319 e. The number of benzene rings is 1. The molecule has 15 heavy (non-hydrogen) atoms. The number of aromatic amines is 1. The van der Waals surface area contributed by atoms with E-state index in [4.69, 9.17) is 0 Å². The molecule has 5 heteroatoms. The molecule has 0 amide bonds. The largest absolute Gasteiger partial charge is 0.319 e. The molecule has 1 aromatic carbocycles. The summed E-state index contributed by atoms with van der Waals surface area (Å²) in [5.41, 5.74) is 0.749. The number of Topliss-reactive ketones (excluding diaryl/α,β-unsaturated/α-hetero) is 1. The second-order valence-corrected chi connectivity index (χ2v) is 3.55. The Kier molecular flexibility index (Phi) is 2.64. The van der Waals surface area contributed by atoms with Crippen LogP contribution in [0.25, 0.3) is 11.0 Å². The maximum atomic E-state index is 11.5. The Balaban J connectivity index is 2.73. The van der Waals surface area contributed by atoms with Crippen molar-refractivity contribution in [2.75, 3.05) is 5.33 Å². The molecule has 2 rings (SSSR count). The van der Waals surface area contributed by atoms with Crippen LogP contribution in [0.1, 0.15) is 10.5 Å². The van der Waals surface area contributed by atoms with Crippen LogP contribution < -0.4 is 5.56 Å². The Morgan fingerprint density at radius 3 is 2.87 bits per heavy atom. The molecule has 0 bridgehead atoms. The number of alkyl halides is 1. The van der Waals surface area contributed by atoms with Gasteiger partial charge in [0.25, 0.3) is 5.56 Å². The second-order valence-electron chi connectivity index (χ2n) is 2.99. The summed E-state index contributed by atoms with van der Waals surface area (Å²) < 4.78 is 0. The van der Waals surface area contributed by atoms with Crippen LogP contribution >= 0.6 is 15.9 Å². The van der Waals surface area contributed by atoms with Crippen LogP contribution in [-0.2, 0) is 0 Å². The van der Waals surface area contributed by atoms with E-state index >= 15 is 0 Å². The molecule has 0 aliphatic rings. The monoisotopic (exact) mass is 266 g/mol. The highest BCUT2D eigenvalue weighted by molar-refractivity contribution is 9.09. The Morgan fingerprint density at radius 1 is 1.40 bits per heavy atom. The van der Waals surface area contributed by atoms with E-state index in [1.807, 2.05) is 0 Å². The zero-order valence-corrected chi connectivity index (χ0v) is 9.24. The average Bonchev–Trinajstić information content (AvgIpc) is 2.27. The highest BCUT2D eigenvalue weighted by atomic mass is 79.9. The maximum Gasteiger partial charge on any atom is 0.278 e. The van der Waals surface area contributed by atoms with Crippen molar-refractivity contribution in [3.63, 3.8) is 0 Å². The summed E-state index contributed by atoms with van der Waals surface area (Å²) in [7, 11) is 0. The second kappa shape index (κ2) is 3.94. The number of hydrogen-bond acceptors (Lipinski definition) is 3. The zero-order valence-electron chi connectivity index (χ0n) is 7.66. The van der Waals surface area contributed by atoms with Crippen LogP contribution in [0.3, 0.4) is 0 Å². The molecule has 0 fully saturated rings. The predicted octanol–water partition coefficient (Wildman–Crippen LogP) is 1.50. The number of fused-ring (bicyclic) bond motifs is 1. The lowest BCUT2D eigenvalue weighted by atomic mass is 10.2. The first kappa shape index (κ1) is 10.0. The van der Waals surface area contributed by atoms with Crippen molar-refractivity contribution >= 4 is 32.7 Å².